The third-order valence-corrected chi connectivity index (χ3v) is 4.27. The van der Waals surface area contributed by atoms with Gasteiger partial charge in [-0.25, -0.2) is 4.79 Å². The molecule has 7 nitrogen and oxygen atoms in total. The highest BCUT2D eigenvalue weighted by Crippen LogP contribution is 2.25. The first-order valence-electron chi connectivity index (χ1n) is 9.51. The van der Waals surface area contributed by atoms with Gasteiger partial charge < -0.3 is 25.4 Å². The molecule has 0 bridgehead atoms. The first-order valence-corrected chi connectivity index (χ1v) is 9.51. The van der Waals surface area contributed by atoms with Crippen LogP contribution in [0, 0.1) is 0 Å². The third-order valence-electron chi connectivity index (χ3n) is 4.27. The van der Waals surface area contributed by atoms with Crippen LogP contribution >= 0.6 is 0 Å². The van der Waals surface area contributed by atoms with Gasteiger partial charge in [-0.1, -0.05) is 24.3 Å². The lowest BCUT2D eigenvalue weighted by Gasteiger charge is -2.09. The number of hydrogen-bond donors (Lipinski definition) is 3. The second-order valence-electron chi connectivity index (χ2n) is 6.46. The summed E-state index contributed by atoms with van der Waals surface area (Å²) in [7, 11) is 3.13. The minimum absolute atomic E-state index is 0.323. The first kappa shape index (κ1) is 21.4. The largest absolute Gasteiger partial charge is 0.497 e. The molecule has 0 radical (unpaired) electrons. The molecule has 3 aromatic carbocycles. The van der Waals surface area contributed by atoms with Gasteiger partial charge in [0, 0.05) is 28.7 Å². The van der Waals surface area contributed by atoms with Gasteiger partial charge in [0.2, 0.25) is 5.91 Å². The Morgan fingerprint density at radius 2 is 1.42 bits per heavy atom. The van der Waals surface area contributed by atoms with E-state index in [1.807, 2.05) is 18.2 Å². The Balaban J connectivity index is 1.62. The SMILES string of the molecule is COc1ccc(OC)c(/C=C/C(=O)Nc2cccc(NC(=O)Nc3ccccc3)c2)c1. The molecule has 0 spiro atoms. The average Bonchev–Trinajstić information content (AvgIpc) is 2.78. The molecule has 0 aliphatic heterocycles. The minimum Gasteiger partial charge on any atom is -0.497 e. The van der Waals surface area contributed by atoms with E-state index in [-0.39, 0.29) is 11.9 Å². The number of amides is 3. The molecule has 0 saturated carbocycles. The molecular formula is C24H23N3O4. The summed E-state index contributed by atoms with van der Waals surface area (Å²) >= 11 is 0. The molecule has 0 aromatic heterocycles. The number of para-hydroxylation sites is 1. The van der Waals surface area contributed by atoms with E-state index in [1.165, 1.54) is 6.08 Å². The van der Waals surface area contributed by atoms with Gasteiger partial charge in [-0.2, -0.15) is 0 Å². The molecule has 0 fully saturated rings. The van der Waals surface area contributed by atoms with Crippen molar-refractivity contribution in [3.8, 4) is 11.5 Å². The van der Waals surface area contributed by atoms with Crippen LogP contribution in [-0.4, -0.2) is 26.2 Å². The zero-order valence-electron chi connectivity index (χ0n) is 17.2. The molecule has 3 N–H and O–H groups in total. The van der Waals surface area contributed by atoms with Crippen molar-refractivity contribution in [1.82, 2.24) is 0 Å². The fraction of sp³-hybridized carbons (Fsp3) is 0.0833. The second-order valence-corrected chi connectivity index (χ2v) is 6.46. The van der Waals surface area contributed by atoms with Crippen molar-refractivity contribution < 1.29 is 19.1 Å². The summed E-state index contributed by atoms with van der Waals surface area (Å²) < 4.78 is 10.5. The van der Waals surface area contributed by atoms with Gasteiger partial charge in [0.1, 0.15) is 11.5 Å². The van der Waals surface area contributed by atoms with Crippen molar-refractivity contribution in [2.24, 2.45) is 0 Å². The highest BCUT2D eigenvalue weighted by Gasteiger charge is 2.06. The summed E-state index contributed by atoms with van der Waals surface area (Å²) in [5, 5.41) is 8.25. The quantitative estimate of drug-likeness (QED) is 0.472. The highest BCUT2D eigenvalue weighted by molar-refractivity contribution is 6.03. The number of ether oxygens (including phenoxy) is 2. The second kappa shape index (κ2) is 10.5. The number of anilines is 3. The maximum atomic E-state index is 12.3. The van der Waals surface area contributed by atoms with Crippen molar-refractivity contribution >= 4 is 35.1 Å². The Morgan fingerprint density at radius 1 is 0.742 bits per heavy atom. The van der Waals surface area contributed by atoms with Gasteiger partial charge in [-0.3, -0.25) is 4.79 Å². The van der Waals surface area contributed by atoms with Crippen molar-refractivity contribution in [3.63, 3.8) is 0 Å². The maximum absolute atomic E-state index is 12.3. The van der Waals surface area contributed by atoms with E-state index in [0.29, 0.717) is 34.1 Å². The van der Waals surface area contributed by atoms with E-state index in [9.17, 15) is 9.59 Å². The fourth-order valence-electron chi connectivity index (χ4n) is 2.81. The summed E-state index contributed by atoms with van der Waals surface area (Å²) in [5.41, 5.74) is 2.49. The molecule has 3 rings (SSSR count). The zero-order valence-corrected chi connectivity index (χ0v) is 17.2. The number of carbonyl (C=O) groups is 2. The lowest BCUT2D eigenvalue weighted by Crippen LogP contribution is -2.19. The number of urea groups is 1. The van der Waals surface area contributed by atoms with Crippen LogP contribution in [0.1, 0.15) is 5.56 Å². The molecular weight excluding hydrogens is 394 g/mol. The Labute approximate surface area is 180 Å². The van der Waals surface area contributed by atoms with E-state index in [4.69, 9.17) is 9.47 Å². The predicted octanol–water partition coefficient (Wildman–Crippen LogP) is 5.00. The smallest absolute Gasteiger partial charge is 0.323 e. The molecule has 7 heteroatoms. The normalized spacial score (nSPS) is 10.4. The third kappa shape index (κ3) is 6.37. The molecule has 0 heterocycles. The van der Waals surface area contributed by atoms with Crippen molar-refractivity contribution in [1.29, 1.82) is 0 Å². The lowest BCUT2D eigenvalue weighted by molar-refractivity contribution is -0.111. The van der Waals surface area contributed by atoms with Crippen LogP contribution in [0.3, 0.4) is 0 Å². The Bertz CT molecular complexity index is 1080. The van der Waals surface area contributed by atoms with E-state index in [0.717, 1.165) is 0 Å². The lowest BCUT2D eigenvalue weighted by atomic mass is 10.1. The molecule has 0 aliphatic rings. The molecule has 3 aromatic rings. The Kier molecular flexibility index (Phi) is 7.26. The van der Waals surface area contributed by atoms with Gasteiger partial charge in [-0.05, 0) is 54.6 Å². The molecule has 31 heavy (non-hydrogen) atoms. The molecule has 0 saturated heterocycles. The fourth-order valence-corrected chi connectivity index (χ4v) is 2.81. The summed E-state index contributed by atoms with van der Waals surface area (Å²) in [6, 6.07) is 20.9. The number of nitrogens with one attached hydrogen (secondary N) is 3. The van der Waals surface area contributed by atoms with Crippen LogP contribution in [0.2, 0.25) is 0 Å². The number of carbonyl (C=O) groups excluding carboxylic acids is 2. The molecule has 0 atom stereocenters. The van der Waals surface area contributed by atoms with Gasteiger partial charge in [0.05, 0.1) is 14.2 Å². The summed E-state index contributed by atoms with van der Waals surface area (Å²) in [4.78, 5) is 24.5. The molecule has 158 valence electrons. The molecule has 3 amide bonds. The predicted molar refractivity (Wildman–Crippen MR) is 123 cm³/mol. The molecule has 0 aliphatic carbocycles. The van der Waals surface area contributed by atoms with Crippen LogP contribution in [0.15, 0.2) is 78.9 Å². The van der Waals surface area contributed by atoms with E-state index in [1.54, 1.807) is 74.9 Å². The van der Waals surface area contributed by atoms with E-state index >= 15 is 0 Å². The van der Waals surface area contributed by atoms with E-state index < -0.39 is 0 Å². The van der Waals surface area contributed by atoms with E-state index in [2.05, 4.69) is 16.0 Å². The number of methoxy groups -OCH3 is 2. The standard InChI is InChI=1S/C24H23N3O4/c1-30-21-12-13-22(31-2)17(15-21)11-14-23(28)25-19-9-6-10-20(16-19)27-24(29)26-18-7-4-3-5-8-18/h3-16H,1-2H3,(H,25,28)(H2,26,27,29)/b14-11+. The van der Waals surface area contributed by atoms with Gasteiger partial charge >= 0.3 is 6.03 Å². The number of rotatable bonds is 7. The van der Waals surface area contributed by atoms with Crippen molar-refractivity contribution in [2.75, 3.05) is 30.2 Å². The summed E-state index contributed by atoms with van der Waals surface area (Å²) in [6.45, 7) is 0. The van der Waals surface area contributed by atoms with Crippen LogP contribution in [0.4, 0.5) is 21.9 Å². The zero-order chi connectivity index (χ0) is 22.1. The summed E-state index contributed by atoms with van der Waals surface area (Å²) in [5.74, 6) is 0.963. The van der Waals surface area contributed by atoms with Crippen molar-refractivity contribution in [3.05, 3.63) is 84.4 Å². The van der Waals surface area contributed by atoms with Gasteiger partial charge in [-0.15, -0.1) is 0 Å². The molecule has 0 unspecified atom stereocenters. The van der Waals surface area contributed by atoms with Crippen LogP contribution in [0.5, 0.6) is 11.5 Å². The minimum atomic E-state index is -0.375. The van der Waals surface area contributed by atoms with Crippen LogP contribution in [0.25, 0.3) is 6.08 Å². The van der Waals surface area contributed by atoms with Crippen LogP contribution < -0.4 is 25.4 Å². The van der Waals surface area contributed by atoms with Crippen molar-refractivity contribution in [2.45, 2.75) is 0 Å². The number of hydrogen-bond acceptors (Lipinski definition) is 4. The topological polar surface area (TPSA) is 88.7 Å². The van der Waals surface area contributed by atoms with Gasteiger partial charge in [0.15, 0.2) is 0 Å². The summed E-state index contributed by atoms with van der Waals surface area (Å²) in [6.07, 6.45) is 3.05. The Morgan fingerprint density at radius 3 is 2.13 bits per heavy atom. The van der Waals surface area contributed by atoms with Gasteiger partial charge in [0.25, 0.3) is 0 Å². The highest BCUT2D eigenvalue weighted by atomic mass is 16.5. The maximum Gasteiger partial charge on any atom is 0.323 e. The average molecular weight is 417 g/mol. The first-order chi connectivity index (χ1) is 15.1. The Hall–Kier alpha value is -4.26. The number of benzene rings is 3. The monoisotopic (exact) mass is 417 g/mol. The van der Waals surface area contributed by atoms with Crippen LogP contribution in [-0.2, 0) is 4.79 Å².